The molecule has 0 saturated carbocycles. The van der Waals surface area contributed by atoms with Crippen LogP contribution >= 0.6 is 0 Å². The fraction of sp³-hybridized carbons (Fsp3) is 0.650. The first-order valence-electron chi connectivity index (χ1n) is 9.68. The number of benzene rings is 1. The molecular formula is C20H34N4O3S. The first kappa shape index (κ1) is 22.5. The second kappa shape index (κ2) is 9.13. The zero-order valence-electron chi connectivity index (χ0n) is 17.9. The Morgan fingerprint density at radius 3 is 2.61 bits per heavy atom. The second-order valence-corrected chi connectivity index (χ2v) is 10.7. The Kier molecular flexibility index (Phi) is 7.33. The van der Waals surface area contributed by atoms with E-state index in [1.54, 1.807) is 21.0 Å². The Labute approximate surface area is 169 Å². The van der Waals surface area contributed by atoms with Crippen molar-refractivity contribution >= 4 is 15.8 Å². The number of nitrogens with zero attached hydrogens (tertiary/aromatic N) is 3. The van der Waals surface area contributed by atoms with Crippen molar-refractivity contribution in [2.45, 2.75) is 31.6 Å². The van der Waals surface area contributed by atoms with Gasteiger partial charge < -0.3 is 19.9 Å². The number of hydrogen-bond acceptors (Lipinski definition) is 5. The van der Waals surface area contributed by atoms with Crippen molar-refractivity contribution in [2.24, 2.45) is 4.99 Å². The van der Waals surface area contributed by atoms with Gasteiger partial charge in [0, 0.05) is 25.2 Å². The van der Waals surface area contributed by atoms with E-state index in [4.69, 9.17) is 9.73 Å². The van der Waals surface area contributed by atoms with Gasteiger partial charge in [0.05, 0.1) is 30.2 Å². The van der Waals surface area contributed by atoms with E-state index in [0.29, 0.717) is 19.6 Å². The summed E-state index contributed by atoms with van der Waals surface area (Å²) in [5, 5.41) is 3.32. The Bertz CT molecular complexity index is 790. The highest BCUT2D eigenvalue weighted by Gasteiger charge is 2.41. The second-order valence-electron chi connectivity index (χ2n) is 7.92. The molecule has 0 aromatic heterocycles. The number of rotatable bonds is 6. The van der Waals surface area contributed by atoms with E-state index in [2.05, 4.69) is 21.2 Å². The van der Waals surface area contributed by atoms with Gasteiger partial charge in [0.25, 0.3) is 0 Å². The molecule has 8 heteroatoms. The molecule has 1 saturated heterocycles. The zero-order valence-corrected chi connectivity index (χ0v) is 18.7. The molecule has 28 heavy (non-hydrogen) atoms. The highest BCUT2D eigenvalue weighted by molar-refractivity contribution is 7.92. The number of guanidine groups is 1. The van der Waals surface area contributed by atoms with Crippen molar-refractivity contribution in [2.75, 3.05) is 53.1 Å². The van der Waals surface area contributed by atoms with E-state index in [0.717, 1.165) is 23.8 Å². The molecule has 1 atom stereocenters. The van der Waals surface area contributed by atoms with E-state index in [9.17, 15) is 8.42 Å². The third-order valence-electron chi connectivity index (χ3n) is 5.21. The van der Waals surface area contributed by atoms with E-state index in [-0.39, 0.29) is 11.8 Å². The lowest BCUT2D eigenvalue weighted by Crippen LogP contribution is -2.57. The lowest BCUT2D eigenvalue weighted by molar-refractivity contribution is 0.292. The van der Waals surface area contributed by atoms with Crippen LogP contribution in [0.25, 0.3) is 0 Å². The minimum atomic E-state index is -3.09. The van der Waals surface area contributed by atoms with Gasteiger partial charge in [-0.25, -0.2) is 8.42 Å². The van der Waals surface area contributed by atoms with Crippen molar-refractivity contribution in [3.8, 4) is 5.75 Å². The SMILES string of the molecule is CCNC(=NCC(c1ccccc1OC)N(C)C)N1CCS(=O)(=O)C(C)(C)C1. The fourth-order valence-electron chi connectivity index (χ4n) is 3.40. The van der Waals surface area contributed by atoms with Gasteiger partial charge in [0.1, 0.15) is 5.75 Å². The lowest BCUT2D eigenvalue weighted by atomic mass is 10.0. The zero-order chi connectivity index (χ0) is 20.9. The molecule has 1 N–H and O–H groups in total. The normalized spacial score (nSPS) is 20.1. The van der Waals surface area contributed by atoms with Crippen molar-refractivity contribution in [1.82, 2.24) is 15.1 Å². The summed E-state index contributed by atoms with van der Waals surface area (Å²) in [6, 6.07) is 8.02. The van der Waals surface area contributed by atoms with E-state index in [1.807, 2.05) is 39.2 Å². The third-order valence-corrected chi connectivity index (χ3v) is 7.75. The monoisotopic (exact) mass is 410 g/mol. The number of sulfone groups is 1. The minimum Gasteiger partial charge on any atom is -0.496 e. The van der Waals surface area contributed by atoms with Gasteiger partial charge in [-0.05, 0) is 40.9 Å². The van der Waals surface area contributed by atoms with Crippen LogP contribution in [0, 0.1) is 0 Å². The first-order chi connectivity index (χ1) is 13.1. The molecule has 7 nitrogen and oxygen atoms in total. The molecule has 1 aliphatic heterocycles. The van der Waals surface area contributed by atoms with E-state index in [1.165, 1.54) is 0 Å². The van der Waals surface area contributed by atoms with Crippen LogP contribution < -0.4 is 10.1 Å². The molecule has 158 valence electrons. The highest BCUT2D eigenvalue weighted by atomic mass is 32.2. The molecule has 1 unspecified atom stereocenters. The molecule has 0 amide bonds. The van der Waals surface area contributed by atoms with Gasteiger partial charge >= 0.3 is 0 Å². The van der Waals surface area contributed by atoms with E-state index < -0.39 is 14.6 Å². The number of likely N-dealkylation sites (N-methyl/N-ethyl adjacent to an activating group) is 1. The molecule has 0 radical (unpaired) electrons. The first-order valence-corrected chi connectivity index (χ1v) is 11.3. The summed E-state index contributed by atoms with van der Waals surface area (Å²) in [6.07, 6.45) is 0. The topological polar surface area (TPSA) is 74.2 Å². The van der Waals surface area contributed by atoms with Crippen LogP contribution in [0.15, 0.2) is 29.3 Å². The highest BCUT2D eigenvalue weighted by Crippen LogP contribution is 2.28. The van der Waals surface area contributed by atoms with Gasteiger partial charge in [0.2, 0.25) is 0 Å². The van der Waals surface area contributed by atoms with E-state index >= 15 is 0 Å². The van der Waals surface area contributed by atoms with Crippen LogP contribution in [0.2, 0.25) is 0 Å². The third kappa shape index (κ3) is 4.97. The Morgan fingerprint density at radius 1 is 1.36 bits per heavy atom. The maximum atomic E-state index is 12.3. The summed E-state index contributed by atoms with van der Waals surface area (Å²) in [7, 11) is 2.64. The summed E-state index contributed by atoms with van der Waals surface area (Å²) in [5.74, 6) is 1.74. The predicted octanol–water partition coefficient (Wildman–Crippen LogP) is 1.77. The van der Waals surface area contributed by atoms with Gasteiger partial charge in [-0.1, -0.05) is 18.2 Å². The van der Waals surface area contributed by atoms with Gasteiger partial charge in [-0.3, -0.25) is 4.99 Å². The summed E-state index contributed by atoms with van der Waals surface area (Å²) in [5.41, 5.74) is 1.08. The number of nitrogens with one attached hydrogen (secondary N) is 1. The summed E-state index contributed by atoms with van der Waals surface area (Å²) >= 11 is 0. The smallest absolute Gasteiger partial charge is 0.194 e. The average molecular weight is 411 g/mol. The average Bonchev–Trinajstić information content (AvgIpc) is 2.63. The molecule has 1 fully saturated rings. The Morgan fingerprint density at radius 2 is 2.04 bits per heavy atom. The molecule has 1 aromatic rings. The number of ether oxygens (including phenoxy) is 1. The number of methoxy groups -OCH3 is 1. The Hall–Kier alpha value is -1.80. The molecular weight excluding hydrogens is 376 g/mol. The molecule has 1 aliphatic rings. The van der Waals surface area contributed by atoms with Crippen molar-refractivity contribution in [3.63, 3.8) is 0 Å². The largest absolute Gasteiger partial charge is 0.496 e. The van der Waals surface area contributed by atoms with Crippen LogP contribution in [0.4, 0.5) is 0 Å². The predicted molar refractivity (Wildman–Crippen MR) is 115 cm³/mol. The standard InChI is InChI=1S/C20H34N4O3S/c1-7-21-19(24-12-13-28(25,26)20(2,3)15-24)22-14-17(23(4)5)16-10-8-9-11-18(16)27-6/h8-11,17H,7,12-15H2,1-6H3,(H,21,22). The van der Waals surface area contributed by atoms with Crippen LogP contribution in [0.3, 0.4) is 0 Å². The molecule has 1 aromatic carbocycles. The summed E-state index contributed by atoms with van der Waals surface area (Å²) in [4.78, 5) is 9.04. The summed E-state index contributed by atoms with van der Waals surface area (Å²) in [6.45, 7) is 7.75. The van der Waals surface area contributed by atoms with Gasteiger partial charge in [-0.15, -0.1) is 0 Å². The maximum Gasteiger partial charge on any atom is 0.194 e. The van der Waals surface area contributed by atoms with Crippen molar-refractivity contribution in [3.05, 3.63) is 29.8 Å². The van der Waals surface area contributed by atoms with Crippen LogP contribution in [-0.4, -0.2) is 82.1 Å². The quantitative estimate of drug-likeness (QED) is 0.569. The van der Waals surface area contributed by atoms with Gasteiger partial charge in [-0.2, -0.15) is 0 Å². The number of para-hydroxylation sites is 1. The maximum absolute atomic E-state index is 12.3. The van der Waals surface area contributed by atoms with Gasteiger partial charge in [0.15, 0.2) is 15.8 Å². The molecule has 2 rings (SSSR count). The Balaban J connectivity index is 2.27. The molecule has 0 bridgehead atoms. The molecule has 1 heterocycles. The van der Waals surface area contributed by atoms with Crippen molar-refractivity contribution < 1.29 is 13.2 Å². The van der Waals surface area contributed by atoms with Crippen molar-refractivity contribution in [1.29, 1.82) is 0 Å². The minimum absolute atomic E-state index is 0.0475. The molecule has 0 spiro atoms. The lowest BCUT2D eigenvalue weighted by Gasteiger charge is -2.39. The number of aliphatic imine (C=N–C) groups is 1. The van der Waals surface area contributed by atoms with Crippen LogP contribution in [0.1, 0.15) is 32.4 Å². The fourth-order valence-corrected chi connectivity index (χ4v) is 4.77. The van der Waals surface area contributed by atoms with Crippen LogP contribution in [0.5, 0.6) is 5.75 Å². The van der Waals surface area contributed by atoms with Crippen LogP contribution in [-0.2, 0) is 9.84 Å². The molecule has 0 aliphatic carbocycles. The number of hydrogen-bond donors (Lipinski definition) is 1. The summed E-state index contributed by atoms with van der Waals surface area (Å²) < 4.78 is 29.4.